The molecule has 0 heterocycles. The van der Waals surface area contributed by atoms with Crippen LogP contribution in [0.4, 0.5) is 0 Å². The van der Waals surface area contributed by atoms with Gasteiger partial charge in [-0.3, -0.25) is 5.43 Å². The van der Waals surface area contributed by atoms with Gasteiger partial charge in [-0.15, -0.1) is 0 Å². The van der Waals surface area contributed by atoms with E-state index in [9.17, 15) is 0 Å². The van der Waals surface area contributed by atoms with E-state index in [-0.39, 0.29) is 5.11 Å². The van der Waals surface area contributed by atoms with E-state index in [0.717, 1.165) is 11.1 Å². The molecule has 0 atom stereocenters. The molecule has 0 radical (unpaired) electrons. The standard InChI is InChI=1S/C11H15N5S/c1-16(2)14-8-10-5-3-9(4-6-10)7-13-15-11(12)17/h3-8H,1-2H3,(H3,12,15,17)/b13-7-,14-8+. The summed E-state index contributed by atoms with van der Waals surface area (Å²) in [5, 5.41) is 9.89. The number of nitrogens with one attached hydrogen (secondary N) is 1. The van der Waals surface area contributed by atoms with E-state index in [1.54, 1.807) is 17.4 Å². The van der Waals surface area contributed by atoms with Gasteiger partial charge in [0.2, 0.25) is 0 Å². The summed E-state index contributed by atoms with van der Waals surface area (Å²) in [4.78, 5) is 0. The van der Waals surface area contributed by atoms with E-state index in [1.807, 2.05) is 38.4 Å². The molecule has 0 aliphatic rings. The lowest BCUT2D eigenvalue weighted by atomic mass is 10.2. The predicted molar refractivity (Wildman–Crippen MR) is 75.2 cm³/mol. The molecule has 0 aromatic heterocycles. The SMILES string of the molecule is CN(C)/N=C/c1ccc(/C=N\NC(N)=S)cc1. The lowest BCUT2D eigenvalue weighted by Crippen LogP contribution is -2.23. The molecule has 3 N–H and O–H groups in total. The van der Waals surface area contributed by atoms with E-state index in [2.05, 4.69) is 27.8 Å². The minimum Gasteiger partial charge on any atom is -0.375 e. The fraction of sp³-hybridized carbons (Fsp3) is 0.182. The molecule has 1 rings (SSSR count). The van der Waals surface area contributed by atoms with Crippen molar-refractivity contribution in [2.45, 2.75) is 0 Å². The van der Waals surface area contributed by atoms with Crippen molar-refractivity contribution in [1.82, 2.24) is 10.4 Å². The predicted octanol–water partition coefficient (Wildman–Crippen LogP) is 0.749. The maximum Gasteiger partial charge on any atom is 0.184 e. The Morgan fingerprint density at radius 1 is 1.24 bits per heavy atom. The summed E-state index contributed by atoms with van der Waals surface area (Å²) < 4.78 is 0. The number of hydrogen-bond donors (Lipinski definition) is 2. The molecule has 6 heteroatoms. The van der Waals surface area contributed by atoms with Gasteiger partial charge in [-0.2, -0.15) is 10.2 Å². The molecule has 5 nitrogen and oxygen atoms in total. The van der Waals surface area contributed by atoms with Gasteiger partial charge in [0.25, 0.3) is 0 Å². The van der Waals surface area contributed by atoms with Crippen molar-refractivity contribution in [2.24, 2.45) is 15.9 Å². The second-order valence-corrected chi connectivity index (χ2v) is 3.93. The molecule has 0 bridgehead atoms. The molecule has 0 aliphatic carbocycles. The lowest BCUT2D eigenvalue weighted by molar-refractivity contribution is 0.440. The van der Waals surface area contributed by atoms with Gasteiger partial charge in [0.1, 0.15) is 0 Å². The fourth-order valence-corrected chi connectivity index (χ4v) is 1.07. The molecule has 0 amide bonds. The summed E-state index contributed by atoms with van der Waals surface area (Å²) in [5.41, 5.74) is 9.71. The van der Waals surface area contributed by atoms with E-state index >= 15 is 0 Å². The van der Waals surface area contributed by atoms with Crippen LogP contribution in [0.1, 0.15) is 11.1 Å². The van der Waals surface area contributed by atoms with E-state index in [1.165, 1.54) is 0 Å². The smallest absolute Gasteiger partial charge is 0.184 e. The first-order valence-corrected chi connectivity index (χ1v) is 5.38. The Balaban J connectivity index is 2.62. The zero-order chi connectivity index (χ0) is 12.7. The molecular weight excluding hydrogens is 234 g/mol. The molecule has 0 unspecified atom stereocenters. The number of benzene rings is 1. The minimum absolute atomic E-state index is 0.149. The molecular formula is C11H15N5S. The second kappa shape index (κ2) is 6.59. The van der Waals surface area contributed by atoms with Crippen LogP contribution in [0.15, 0.2) is 34.5 Å². The molecule has 90 valence electrons. The third-order valence-corrected chi connectivity index (χ3v) is 1.85. The summed E-state index contributed by atoms with van der Waals surface area (Å²) >= 11 is 4.62. The maximum absolute atomic E-state index is 5.23. The van der Waals surface area contributed by atoms with Crippen LogP contribution >= 0.6 is 12.2 Å². The summed E-state index contributed by atoms with van der Waals surface area (Å²) in [5.74, 6) is 0. The van der Waals surface area contributed by atoms with Gasteiger partial charge in [0.05, 0.1) is 12.4 Å². The Kier molecular flexibility index (Phi) is 5.09. The highest BCUT2D eigenvalue weighted by Gasteiger charge is 1.90. The van der Waals surface area contributed by atoms with Gasteiger partial charge in [0, 0.05) is 14.1 Å². The van der Waals surface area contributed by atoms with Crippen molar-refractivity contribution < 1.29 is 0 Å². The molecule has 0 saturated heterocycles. The fourth-order valence-electron chi connectivity index (χ4n) is 1.02. The monoisotopic (exact) mass is 249 g/mol. The molecule has 17 heavy (non-hydrogen) atoms. The molecule has 1 aromatic rings. The summed E-state index contributed by atoms with van der Waals surface area (Å²) in [7, 11) is 3.75. The molecule has 1 aromatic carbocycles. The van der Waals surface area contributed by atoms with Gasteiger partial charge in [-0.25, -0.2) is 0 Å². The maximum atomic E-state index is 5.23. The third-order valence-electron chi connectivity index (χ3n) is 1.76. The summed E-state index contributed by atoms with van der Waals surface area (Å²) in [6.07, 6.45) is 3.43. The third kappa shape index (κ3) is 5.62. The summed E-state index contributed by atoms with van der Waals surface area (Å²) in [6, 6.07) is 7.77. The summed E-state index contributed by atoms with van der Waals surface area (Å²) in [6.45, 7) is 0. The van der Waals surface area contributed by atoms with E-state index in [0.29, 0.717) is 0 Å². The number of hydrogen-bond acceptors (Lipinski definition) is 4. The van der Waals surface area contributed by atoms with Crippen LogP contribution in [0.2, 0.25) is 0 Å². The van der Waals surface area contributed by atoms with Gasteiger partial charge in [0.15, 0.2) is 5.11 Å². The van der Waals surface area contributed by atoms with Crippen LogP contribution in [0, 0.1) is 0 Å². The Morgan fingerprint density at radius 2 is 1.76 bits per heavy atom. The van der Waals surface area contributed by atoms with Gasteiger partial charge in [-0.1, -0.05) is 24.3 Å². The van der Waals surface area contributed by atoms with Crippen LogP contribution in [0.25, 0.3) is 0 Å². The van der Waals surface area contributed by atoms with Crippen LogP contribution in [-0.4, -0.2) is 36.6 Å². The first-order valence-electron chi connectivity index (χ1n) is 4.98. The van der Waals surface area contributed by atoms with E-state index in [4.69, 9.17) is 5.73 Å². The Morgan fingerprint density at radius 3 is 2.24 bits per heavy atom. The topological polar surface area (TPSA) is 66.0 Å². The average Bonchev–Trinajstić information content (AvgIpc) is 2.27. The minimum atomic E-state index is 0.149. The lowest BCUT2D eigenvalue weighted by Gasteiger charge is -2.02. The number of rotatable bonds is 4. The normalized spacial score (nSPS) is 10.9. The Bertz CT molecular complexity index is 422. The number of nitrogens with two attached hydrogens (primary N) is 1. The van der Waals surface area contributed by atoms with Crippen LogP contribution in [0.5, 0.6) is 0 Å². The highest BCUT2D eigenvalue weighted by Crippen LogP contribution is 2.00. The van der Waals surface area contributed by atoms with Gasteiger partial charge in [-0.05, 0) is 23.3 Å². The zero-order valence-electron chi connectivity index (χ0n) is 9.79. The largest absolute Gasteiger partial charge is 0.375 e. The number of nitrogens with zero attached hydrogens (tertiary/aromatic N) is 3. The van der Waals surface area contributed by atoms with Crippen molar-refractivity contribution in [3.8, 4) is 0 Å². The molecule has 0 spiro atoms. The van der Waals surface area contributed by atoms with Gasteiger partial charge < -0.3 is 10.7 Å². The van der Waals surface area contributed by atoms with Crippen molar-refractivity contribution in [1.29, 1.82) is 0 Å². The Hall–Kier alpha value is -1.95. The van der Waals surface area contributed by atoms with Crippen LogP contribution in [0.3, 0.4) is 0 Å². The quantitative estimate of drug-likeness (QED) is 0.469. The molecule has 0 saturated carbocycles. The number of thiocarbonyl (C=S) groups is 1. The van der Waals surface area contributed by atoms with Crippen LogP contribution < -0.4 is 11.2 Å². The van der Waals surface area contributed by atoms with Crippen molar-refractivity contribution >= 4 is 29.8 Å². The number of hydrazone groups is 2. The highest BCUT2D eigenvalue weighted by molar-refractivity contribution is 7.80. The Labute approximate surface area is 106 Å². The van der Waals surface area contributed by atoms with Gasteiger partial charge >= 0.3 is 0 Å². The first kappa shape index (κ1) is 13.1. The molecule has 0 aliphatic heterocycles. The zero-order valence-corrected chi connectivity index (χ0v) is 10.6. The highest BCUT2D eigenvalue weighted by atomic mass is 32.1. The van der Waals surface area contributed by atoms with Crippen molar-refractivity contribution in [2.75, 3.05) is 14.1 Å². The van der Waals surface area contributed by atoms with Crippen LogP contribution in [-0.2, 0) is 0 Å². The first-order chi connectivity index (χ1) is 8.08. The second-order valence-electron chi connectivity index (χ2n) is 3.49. The van der Waals surface area contributed by atoms with Crippen molar-refractivity contribution in [3.05, 3.63) is 35.4 Å². The van der Waals surface area contributed by atoms with Crippen molar-refractivity contribution in [3.63, 3.8) is 0 Å². The molecule has 0 fully saturated rings. The van der Waals surface area contributed by atoms with E-state index < -0.39 is 0 Å². The average molecular weight is 249 g/mol.